The molecule has 0 spiro atoms. The molecule has 2 N–H and O–H groups in total. The van der Waals surface area contributed by atoms with Gasteiger partial charge < -0.3 is 10.4 Å². The molecule has 0 bridgehead atoms. The molecule has 1 saturated carbocycles. The second-order valence-electron chi connectivity index (χ2n) is 4.87. The fourth-order valence-corrected chi connectivity index (χ4v) is 2.68. The van der Waals surface area contributed by atoms with Crippen molar-refractivity contribution < 1.29 is 5.11 Å². The molecule has 0 radical (unpaired) electrons. The predicted molar refractivity (Wildman–Crippen MR) is 72.6 cm³/mol. The molecule has 4 heteroatoms. The van der Waals surface area contributed by atoms with Crippen molar-refractivity contribution >= 4 is 17.3 Å². The summed E-state index contributed by atoms with van der Waals surface area (Å²) < 4.78 is 0. The first-order valence-corrected chi connectivity index (χ1v) is 6.68. The highest BCUT2D eigenvalue weighted by molar-refractivity contribution is 6.33. The number of anilines is 1. The second-order valence-corrected chi connectivity index (χ2v) is 5.28. The van der Waals surface area contributed by atoms with Gasteiger partial charge in [0.05, 0.1) is 28.4 Å². The van der Waals surface area contributed by atoms with E-state index in [4.69, 9.17) is 16.9 Å². The molecule has 0 heterocycles. The van der Waals surface area contributed by atoms with Gasteiger partial charge in [-0.15, -0.1) is 0 Å². The van der Waals surface area contributed by atoms with Gasteiger partial charge in [-0.05, 0) is 43.4 Å². The summed E-state index contributed by atoms with van der Waals surface area (Å²) in [5, 5.41) is 22.2. The lowest BCUT2D eigenvalue weighted by Crippen LogP contribution is -2.25. The number of aliphatic hydroxyl groups excluding tert-OH is 1. The Kier molecular flexibility index (Phi) is 4.46. The lowest BCUT2D eigenvalue weighted by molar-refractivity contribution is 0.105. The van der Waals surface area contributed by atoms with E-state index in [0.717, 1.165) is 37.9 Å². The molecule has 0 aliphatic heterocycles. The van der Waals surface area contributed by atoms with Gasteiger partial charge in [-0.3, -0.25) is 0 Å². The summed E-state index contributed by atoms with van der Waals surface area (Å²) in [6, 6.07) is 7.31. The number of benzene rings is 1. The Labute approximate surface area is 112 Å². The Morgan fingerprint density at radius 1 is 1.44 bits per heavy atom. The average molecular weight is 265 g/mol. The van der Waals surface area contributed by atoms with Crippen LogP contribution in [0.15, 0.2) is 18.2 Å². The highest BCUT2D eigenvalue weighted by atomic mass is 35.5. The van der Waals surface area contributed by atoms with Gasteiger partial charge in [-0.2, -0.15) is 5.26 Å². The molecular weight excluding hydrogens is 248 g/mol. The van der Waals surface area contributed by atoms with E-state index >= 15 is 0 Å². The van der Waals surface area contributed by atoms with Gasteiger partial charge >= 0.3 is 0 Å². The number of halogens is 1. The Morgan fingerprint density at radius 3 is 2.94 bits per heavy atom. The first-order chi connectivity index (χ1) is 8.69. The lowest BCUT2D eigenvalue weighted by atomic mass is 9.87. The fourth-order valence-electron chi connectivity index (χ4n) is 2.43. The van der Waals surface area contributed by atoms with Gasteiger partial charge in [0.25, 0.3) is 0 Å². The highest BCUT2D eigenvalue weighted by Crippen LogP contribution is 2.27. The predicted octanol–water partition coefficient (Wildman–Crippen LogP) is 3.17. The van der Waals surface area contributed by atoms with Crippen LogP contribution in [0, 0.1) is 17.2 Å². The molecule has 3 nitrogen and oxygen atoms in total. The summed E-state index contributed by atoms with van der Waals surface area (Å²) >= 11 is 6.09. The number of hydrogen-bond acceptors (Lipinski definition) is 3. The average Bonchev–Trinajstić information content (AvgIpc) is 2.37. The monoisotopic (exact) mass is 264 g/mol. The van der Waals surface area contributed by atoms with Crippen molar-refractivity contribution in [3.63, 3.8) is 0 Å². The Hall–Kier alpha value is -1.24. The number of nitriles is 1. The molecule has 1 aromatic carbocycles. The van der Waals surface area contributed by atoms with Crippen molar-refractivity contribution in [1.82, 2.24) is 0 Å². The van der Waals surface area contributed by atoms with Crippen LogP contribution in [0.2, 0.25) is 5.02 Å². The molecule has 1 fully saturated rings. The fraction of sp³-hybridized carbons (Fsp3) is 0.500. The third kappa shape index (κ3) is 3.38. The normalized spacial score (nSPS) is 23.4. The molecule has 2 unspecified atom stereocenters. The van der Waals surface area contributed by atoms with E-state index in [1.807, 2.05) is 6.07 Å². The third-order valence-corrected chi connectivity index (χ3v) is 3.75. The minimum atomic E-state index is -0.151. The van der Waals surface area contributed by atoms with Gasteiger partial charge in [-0.25, -0.2) is 0 Å². The topological polar surface area (TPSA) is 56.0 Å². The van der Waals surface area contributed by atoms with Crippen molar-refractivity contribution in [2.24, 2.45) is 5.92 Å². The molecule has 96 valence electrons. The van der Waals surface area contributed by atoms with E-state index in [1.165, 1.54) is 0 Å². The largest absolute Gasteiger partial charge is 0.393 e. The van der Waals surface area contributed by atoms with E-state index in [1.54, 1.807) is 12.1 Å². The first-order valence-electron chi connectivity index (χ1n) is 6.30. The standard InChI is InChI=1S/C14H17ClN2O/c15-13-7-10(8-16)4-5-14(13)17-9-11-2-1-3-12(18)6-11/h4-5,7,11-12,17-18H,1-3,6,9H2. The number of nitrogens with zero attached hydrogens (tertiary/aromatic N) is 1. The smallest absolute Gasteiger partial charge is 0.0992 e. The zero-order valence-electron chi connectivity index (χ0n) is 10.2. The molecule has 2 atom stereocenters. The van der Waals surface area contributed by atoms with Crippen LogP contribution in [-0.2, 0) is 0 Å². The Morgan fingerprint density at radius 2 is 2.28 bits per heavy atom. The summed E-state index contributed by atoms with van der Waals surface area (Å²) in [5.74, 6) is 0.500. The zero-order chi connectivity index (χ0) is 13.0. The maximum atomic E-state index is 9.61. The van der Waals surface area contributed by atoms with Crippen LogP contribution in [0.25, 0.3) is 0 Å². The molecule has 18 heavy (non-hydrogen) atoms. The number of rotatable bonds is 3. The van der Waals surface area contributed by atoms with E-state index in [-0.39, 0.29) is 6.10 Å². The molecule has 2 rings (SSSR count). The Bertz CT molecular complexity index is 456. The third-order valence-electron chi connectivity index (χ3n) is 3.43. The van der Waals surface area contributed by atoms with Gasteiger partial charge in [0.1, 0.15) is 0 Å². The van der Waals surface area contributed by atoms with Crippen LogP contribution in [0.3, 0.4) is 0 Å². The SMILES string of the molecule is N#Cc1ccc(NCC2CCCC(O)C2)c(Cl)c1. The maximum Gasteiger partial charge on any atom is 0.0992 e. The quantitative estimate of drug-likeness (QED) is 0.882. The van der Waals surface area contributed by atoms with Gasteiger partial charge in [0, 0.05) is 6.54 Å². The van der Waals surface area contributed by atoms with E-state index in [9.17, 15) is 5.11 Å². The van der Waals surface area contributed by atoms with E-state index < -0.39 is 0 Å². The van der Waals surface area contributed by atoms with Crippen LogP contribution in [0.5, 0.6) is 0 Å². The van der Waals surface area contributed by atoms with Crippen molar-refractivity contribution in [2.75, 3.05) is 11.9 Å². The summed E-state index contributed by atoms with van der Waals surface area (Å²) in [6.45, 7) is 0.822. The number of nitrogens with one attached hydrogen (secondary N) is 1. The second kappa shape index (κ2) is 6.08. The highest BCUT2D eigenvalue weighted by Gasteiger charge is 2.19. The lowest BCUT2D eigenvalue weighted by Gasteiger charge is -2.26. The van der Waals surface area contributed by atoms with E-state index in [0.29, 0.717) is 16.5 Å². The summed E-state index contributed by atoms with van der Waals surface area (Å²) in [7, 11) is 0. The minimum absolute atomic E-state index is 0.151. The van der Waals surface area contributed by atoms with Gasteiger partial charge in [0.2, 0.25) is 0 Å². The van der Waals surface area contributed by atoms with Crippen molar-refractivity contribution in [3.05, 3.63) is 28.8 Å². The maximum absolute atomic E-state index is 9.61. The zero-order valence-corrected chi connectivity index (χ0v) is 11.0. The van der Waals surface area contributed by atoms with Crippen LogP contribution in [-0.4, -0.2) is 17.8 Å². The van der Waals surface area contributed by atoms with Crippen LogP contribution in [0.1, 0.15) is 31.2 Å². The molecule has 1 aliphatic carbocycles. The van der Waals surface area contributed by atoms with Crippen LogP contribution < -0.4 is 5.32 Å². The summed E-state index contributed by atoms with van der Waals surface area (Å²) in [6.07, 6.45) is 3.88. The summed E-state index contributed by atoms with van der Waals surface area (Å²) in [4.78, 5) is 0. The van der Waals surface area contributed by atoms with Crippen molar-refractivity contribution in [3.8, 4) is 6.07 Å². The molecule has 1 aliphatic rings. The molecule has 0 amide bonds. The molecule has 0 aromatic heterocycles. The summed E-state index contributed by atoms with van der Waals surface area (Å²) in [5.41, 5.74) is 1.43. The van der Waals surface area contributed by atoms with E-state index in [2.05, 4.69) is 11.4 Å². The number of aliphatic hydroxyl groups is 1. The van der Waals surface area contributed by atoms with Crippen LogP contribution in [0.4, 0.5) is 5.69 Å². The number of hydrogen-bond donors (Lipinski definition) is 2. The molecular formula is C14H17ClN2O. The minimum Gasteiger partial charge on any atom is -0.393 e. The van der Waals surface area contributed by atoms with Crippen molar-refractivity contribution in [2.45, 2.75) is 31.8 Å². The van der Waals surface area contributed by atoms with Crippen molar-refractivity contribution in [1.29, 1.82) is 5.26 Å². The molecule has 1 aromatic rings. The molecule has 0 saturated heterocycles. The van der Waals surface area contributed by atoms with Gasteiger partial charge in [0.15, 0.2) is 0 Å². The van der Waals surface area contributed by atoms with Crippen LogP contribution >= 0.6 is 11.6 Å². The Balaban J connectivity index is 1.92. The van der Waals surface area contributed by atoms with Gasteiger partial charge in [-0.1, -0.05) is 18.0 Å². The first kappa shape index (κ1) is 13.2.